The molecule has 37 heavy (non-hydrogen) atoms. The molecule has 0 spiro atoms. The smallest absolute Gasteiger partial charge is 0.293 e. The van der Waals surface area contributed by atoms with Gasteiger partial charge in [-0.2, -0.15) is 17.0 Å². The summed E-state index contributed by atoms with van der Waals surface area (Å²) in [6.07, 6.45) is 13.0. The van der Waals surface area contributed by atoms with Crippen molar-refractivity contribution in [3.63, 3.8) is 0 Å². The summed E-state index contributed by atoms with van der Waals surface area (Å²) in [4.78, 5) is 20.5. The van der Waals surface area contributed by atoms with Gasteiger partial charge in [0.2, 0.25) is 0 Å². The van der Waals surface area contributed by atoms with Gasteiger partial charge < -0.3 is 10.2 Å². The number of nitrogens with one attached hydrogen (secondary N) is 1. The van der Waals surface area contributed by atoms with Crippen LogP contribution >= 0.6 is 0 Å². The molecule has 2 aliphatic carbocycles. The Kier molecular flexibility index (Phi) is 7.35. The van der Waals surface area contributed by atoms with Crippen molar-refractivity contribution in [1.29, 1.82) is 0 Å². The maximum Gasteiger partial charge on any atom is 0.293 e. The molecule has 1 aromatic rings. The molecule has 196 valence electrons. The molecule has 1 aromatic carbocycles. The topological polar surface area (TPSA) is 86.4 Å². The molecule has 1 unspecified atom stereocenters. The molecule has 8 nitrogen and oxygen atoms in total. The van der Waals surface area contributed by atoms with Gasteiger partial charge in [-0.3, -0.25) is 4.79 Å². The Bertz CT molecular complexity index is 1300. The second-order valence-corrected chi connectivity index (χ2v) is 12.9. The highest BCUT2D eigenvalue weighted by molar-refractivity contribution is 7.86. The van der Waals surface area contributed by atoms with Gasteiger partial charge in [-0.25, -0.2) is 0 Å². The van der Waals surface area contributed by atoms with E-state index in [9.17, 15) is 13.2 Å². The van der Waals surface area contributed by atoms with Gasteiger partial charge in [-0.1, -0.05) is 50.5 Å². The van der Waals surface area contributed by atoms with E-state index in [0.29, 0.717) is 25.2 Å². The van der Waals surface area contributed by atoms with E-state index in [0.717, 1.165) is 47.9 Å². The summed E-state index contributed by atoms with van der Waals surface area (Å²) in [6, 6.07) is 6.07. The van der Waals surface area contributed by atoms with Gasteiger partial charge in [0.15, 0.2) is 5.71 Å². The minimum absolute atomic E-state index is 0.0297. The zero-order chi connectivity index (χ0) is 26.2. The van der Waals surface area contributed by atoms with Crippen molar-refractivity contribution < 1.29 is 13.2 Å². The van der Waals surface area contributed by atoms with Crippen molar-refractivity contribution in [2.75, 3.05) is 32.5 Å². The Morgan fingerprint density at radius 1 is 1.08 bits per heavy atom. The van der Waals surface area contributed by atoms with Crippen LogP contribution in [0.2, 0.25) is 0 Å². The number of anilines is 1. The first-order valence-corrected chi connectivity index (χ1v) is 14.6. The fourth-order valence-electron chi connectivity index (χ4n) is 6.29. The molecule has 4 aliphatic rings. The minimum atomic E-state index is -3.41. The monoisotopic (exact) mass is 521 g/mol. The number of nitrogens with zero attached hydrogens (tertiary/aromatic N) is 4. The lowest BCUT2D eigenvalue weighted by atomic mass is 9.78. The molecule has 9 heteroatoms. The van der Waals surface area contributed by atoms with Crippen molar-refractivity contribution in [1.82, 2.24) is 8.61 Å². The van der Waals surface area contributed by atoms with Crippen LogP contribution in [0.25, 0.3) is 10.4 Å². The van der Waals surface area contributed by atoms with Crippen LogP contribution in [0.5, 0.6) is 0 Å². The average molecular weight is 522 g/mol. The molecule has 5 rings (SSSR count). The summed E-state index contributed by atoms with van der Waals surface area (Å²) in [5.41, 5.74) is 4.40. The molecular weight excluding hydrogens is 486 g/mol. The van der Waals surface area contributed by atoms with E-state index in [1.807, 2.05) is 12.1 Å². The lowest BCUT2D eigenvalue weighted by Crippen LogP contribution is -2.49. The zero-order valence-electron chi connectivity index (χ0n) is 21.6. The quantitative estimate of drug-likeness (QED) is 0.564. The van der Waals surface area contributed by atoms with Crippen molar-refractivity contribution >= 4 is 33.1 Å². The van der Waals surface area contributed by atoms with Gasteiger partial charge >= 0.3 is 0 Å². The van der Waals surface area contributed by atoms with E-state index >= 15 is 0 Å². The third-order valence-electron chi connectivity index (χ3n) is 8.47. The summed E-state index contributed by atoms with van der Waals surface area (Å²) >= 11 is 0. The SMILES string of the molecule is [C-]#[N+]C1=CCC(C(=O)Nc2ccc(C3CN(C)S(=O)(=O)N(C)C3)cc2C2=CCC(C3CCCC3)CC2)=N1. The number of carbonyl (C=O) groups excluding carboxylic acids is 1. The van der Waals surface area contributed by atoms with Gasteiger partial charge in [0, 0.05) is 50.8 Å². The van der Waals surface area contributed by atoms with Gasteiger partial charge in [0.05, 0.1) is 0 Å². The molecule has 0 aromatic heterocycles. The number of carbonyl (C=O) groups is 1. The van der Waals surface area contributed by atoms with Crippen molar-refractivity contribution in [2.45, 2.75) is 57.3 Å². The average Bonchev–Trinajstić information content (AvgIpc) is 3.60. The van der Waals surface area contributed by atoms with Gasteiger partial charge in [0.1, 0.15) is 0 Å². The van der Waals surface area contributed by atoms with Crippen LogP contribution < -0.4 is 5.32 Å². The first kappa shape index (κ1) is 25.8. The Hall–Kier alpha value is -2.80. The predicted octanol–water partition coefficient (Wildman–Crippen LogP) is 4.81. The number of rotatable bonds is 5. The number of benzene rings is 1. The molecule has 2 heterocycles. The second-order valence-electron chi connectivity index (χ2n) is 10.8. The number of hydrogen-bond acceptors (Lipinski definition) is 4. The molecule has 1 saturated carbocycles. The van der Waals surface area contributed by atoms with E-state index in [4.69, 9.17) is 6.57 Å². The highest BCUT2D eigenvalue weighted by atomic mass is 32.2. The van der Waals surface area contributed by atoms with E-state index in [-0.39, 0.29) is 17.6 Å². The first-order chi connectivity index (χ1) is 17.8. The Morgan fingerprint density at radius 2 is 1.81 bits per heavy atom. The largest absolute Gasteiger partial charge is 0.361 e. The summed E-state index contributed by atoms with van der Waals surface area (Å²) in [7, 11) is -0.169. The van der Waals surface area contributed by atoms with E-state index in [1.54, 1.807) is 20.2 Å². The summed E-state index contributed by atoms with van der Waals surface area (Å²) in [5, 5.41) is 3.06. The van der Waals surface area contributed by atoms with Crippen molar-refractivity contribution in [2.24, 2.45) is 16.8 Å². The molecule has 2 fully saturated rings. The lowest BCUT2D eigenvalue weighted by Gasteiger charge is -2.36. The van der Waals surface area contributed by atoms with E-state index in [2.05, 4.69) is 27.3 Å². The molecule has 1 saturated heterocycles. The summed E-state index contributed by atoms with van der Waals surface area (Å²) in [6.45, 7) is 7.98. The van der Waals surface area contributed by atoms with Crippen LogP contribution in [0.3, 0.4) is 0 Å². The number of amides is 1. The minimum Gasteiger partial charge on any atom is -0.361 e. The standard InChI is InChI=1S/C28H35N5O3S/c1-29-27-15-14-26(30-27)28(34)31-25-13-12-22(23-17-32(2)37(35,36)33(3)18-23)16-24(25)21-10-8-20(9-11-21)19-6-4-5-7-19/h10,12-13,15-16,19-20,23H,4-9,11,14,17-18H2,2-3H3,(H,31,34). The van der Waals surface area contributed by atoms with Gasteiger partial charge in [-0.05, 0) is 54.4 Å². The third-order valence-corrected chi connectivity index (χ3v) is 10.3. The molecule has 0 bridgehead atoms. The van der Waals surface area contributed by atoms with Crippen LogP contribution in [0, 0.1) is 18.4 Å². The Labute approximate surface area is 220 Å². The van der Waals surface area contributed by atoms with Crippen LogP contribution in [0.1, 0.15) is 68.4 Å². The molecule has 2 aliphatic heterocycles. The second kappa shape index (κ2) is 10.5. The fraction of sp³-hybridized carbons (Fsp3) is 0.536. The summed E-state index contributed by atoms with van der Waals surface area (Å²) in [5.74, 6) is 1.58. The molecule has 1 atom stereocenters. The molecule has 1 amide bonds. The third kappa shape index (κ3) is 5.28. The Balaban J connectivity index is 1.43. The van der Waals surface area contributed by atoms with Gasteiger partial charge in [-0.15, -0.1) is 4.99 Å². The Morgan fingerprint density at radius 3 is 2.43 bits per heavy atom. The number of likely N-dealkylation sites (N-methyl/N-ethyl adjacent to an activating group) is 2. The fourth-order valence-corrected chi connectivity index (χ4v) is 7.50. The number of aliphatic imine (C=N–C) groups is 1. The molecule has 0 radical (unpaired) electrons. The zero-order valence-corrected chi connectivity index (χ0v) is 22.4. The van der Waals surface area contributed by atoms with E-state index < -0.39 is 10.2 Å². The number of hydrogen-bond donors (Lipinski definition) is 1. The lowest BCUT2D eigenvalue weighted by molar-refractivity contribution is -0.110. The van der Waals surface area contributed by atoms with E-state index in [1.165, 1.54) is 39.9 Å². The van der Waals surface area contributed by atoms with Gasteiger partial charge in [0.25, 0.3) is 21.9 Å². The highest BCUT2D eigenvalue weighted by Gasteiger charge is 2.35. The summed E-state index contributed by atoms with van der Waals surface area (Å²) < 4.78 is 27.7. The predicted molar refractivity (Wildman–Crippen MR) is 146 cm³/mol. The van der Waals surface area contributed by atoms with Crippen LogP contribution in [0.15, 0.2) is 41.2 Å². The number of allylic oxidation sites excluding steroid dienone is 3. The maximum atomic E-state index is 13.0. The molecular formula is C28H35N5O3S. The van der Waals surface area contributed by atoms with Crippen LogP contribution in [-0.4, -0.2) is 55.8 Å². The van der Waals surface area contributed by atoms with Crippen LogP contribution in [0.4, 0.5) is 5.69 Å². The van der Waals surface area contributed by atoms with Crippen LogP contribution in [-0.2, 0) is 15.0 Å². The van der Waals surface area contributed by atoms with Crippen molar-refractivity contribution in [3.8, 4) is 0 Å². The first-order valence-electron chi connectivity index (χ1n) is 13.2. The maximum absolute atomic E-state index is 13.0. The van der Waals surface area contributed by atoms with Crippen molar-refractivity contribution in [3.05, 3.63) is 58.7 Å². The highest BCUT2D eigenvalue weighted by Crippen LogP contribution is 2.42. The molecule has 1 N–H and O–H groups in total. The normalized spacial score (nSPS) is 25.3.